The number of carboxylic acids is 1. The SMILES string of the molecule is Cc1cccc(Oc2ccc(F)cc2Cl)c1C(=O)O.Cc1cccc(Oc2ccc(F)cc2Cl)c1C=O. The third-order valence-electron chi connectivity index (χ3n) is 5.08. The third kappa shape index (κ3) is 7.06. The molecule has 1 N–H and O–H groups in total. The van der Waals surface area contributed by atoms with E-state index in [4.69, 9.17) is 37.8 Å². The lowest BCUT2D eigenvalue weighted by Crippen LogP contribution is -2.03. The van der Waals surface area contributed by atoms with Crippen LogP contribution in [0.4, 0.5) is 8.78 Å². The average molecular weight is 545 g/mol. The van der Waals surface area contributed by atoms with E-state index in [1.165, 1.54) is 30.3 Å². The highest BCUT2D eigenvalue weighted by Crippen LogP contribution is 2.33. The van der Waals surface area contributed by atoms with E-state index in [9.17, 15) is 18.4 Å². The molecule has 0 aliphatic rings. The molecule has 0 bridgehead atoms. The fourth-order valence-electron chi connectivity index (χ4n) is 3.25. The van der Waals surface area contributed by atoms with E-state index in [0.717, 1.165) is 24.0 Å². The zero-order valence-corrected chi connectivity index (χ0v) is 21.1. The molecular weight excluding hydrogens is 525 g/mol. The highest BCUT2D eigenvalue weighted by atomic mass is 35.5. The Hall–Kier alpha value is -3.94. The number of carboxylic acid groups (broad SMARTS) is 1. The van der Waals surface area contributed by atoms with Crippen LogP contribution in [-0.4, -0.2) is 17.4 Å². The van der Waals surface area contributed by atoms with Gasteiger partial charge in [0.15, 0.2) is 6.29 Å². The molecule has 0 aliphatic carbocycles. The first-order chi connectivity index (χ1) is 17.6. The molecule has 0 atom stereocenters. The van der Waals surface area contributed by atoms with Crippen LogP contribution < -0.4 is 9.47 Å². The van der Waals surface area contributed by atoms with Crippen molar-refractivity contribution in [2.24, 2.45) is 0 Å². The fraction of sp³-hybridized carbons (Fsp3) is 0.0714. The van der Waals surface area contributed by atoms with Gasteiger partial charge in [0.25, 0.3) is 0 Å². The van der Waals surface area contributed by atoms with Gasteiger partial charge in [-0.05, 0) is 73.5 Å². The Balaban J connectivity index is 0.000000206. The minimum Gasteiger partial charge on any atom is -0.478 e. The summed E-state index contributed by atoms with van der Waals surface area (Å²) in [5.74, 6) is -0.930. The molecule has 9 heteroatoms. The number of rotatable bonds is 6. The first kappa shape index (κ1) is 27.6. The number of carbonyl (C=O) groups is 2. The smallest absolute Gasteiger partial charge is 0.339 e. The van der Waals surface area contributed by atoms with Gasteiger partial charge < -0.3 is 14.6 Å². The lowest BCUT2D eigenvalue weighted by molar-refractivity contribution is 0.0693. The van der Waals surface area contributed by atoms with E-state index in [1.807, 2.05) is 13.0 Å². The largest absolute Gasteiger partial charge is 0.478 e. The molecule has 4 rings (SSSR count). The van der Waals surface area contributed by atoms with Crippen molar-refractivity contribution in [1.82, 2.24) is 0 Å². The molecule has 0 heterocycles. The second-order valence-corrected chi connectivity index (χ2v) is 8.53. The van der Waals surface area contributed by atoms with Crippen molar-refractivity contribution in [2.75, 3.05) is 0 Å². The summed E-state index contributed by atoms with van der Waals surface area (Å²) in [6.45, 7) is 3.48. The van der Waals surface area contributed by atoms with E-state index < -0.39 is 17.6 Å². The van der Waals surface area contributed by atoms with Gasteiger partial charge in [-0.3, -0.25) is 4.79 Å². The van der Waals surface area contributed by atoms with Crippen molar-refractivity contribution in [3.63, 3.8) is 0 Å². The van der Waals surface area contributed by atoms with E-state index in [0.29, 0.717) is 22.6 Å². The number of aryl methyl sites for hydroxylation is 2. The molecule has 0 saturated carbocycles. The number of aldehydes is 1. The molecular formula is C28H20Cl2F2O5. The quantitative estimate of drug-likeness (QED) is 0.246. The maximum Gasteiger partial charge on any atom is 0.339 e. The number of hydrogen-bond donors (Lipinski definition) is 1. The lowest BCUT2D eigenvalue weighted by Gasteiger charge is -2.11. The monoisotopic (exact) mass is 544 g/mol. The van der Waals surface area contributed by atoms with Crippen LogP contribution in [0.3, 0.4) is 0 Å². The van der Waals surface area contributed by atoms with Gasteiger partial charge in [-0.15, -0.1) is 0 Å². The van der Waals surface area contributed by atoms with Crippen LogP contribution in [0.25, 0.3) is 0 Å². The summed E-state index contributed by atoms with van der Waals surface area (Å²) in [7, 11) is 0. The van der Waals surface area contributed by atoms with E-state index in [2.05, 4.69) is 0 Å². The lowest BCUT2D eigenvalue weighted by atomic mass is 10.1. The number of halogens is 4. The predicted octanol–water partition coefficient (Wildman–Crippen LogP) is 8.67. The van der Waals surface area contributed by atoms with Crippen molar-refractivity contribution >= 4 is 35.5 Å². The number of aromatic carboxylic acids is 1. The molecule has 4 aromatic rings. The average Bonchev–Trinajstić information content (AvgIpc) is 2.83. The molecule has 0 radical (unpaired) electrons. The zero-order chi connectivity index (χ0) is 27.1. The van der Waals surface area contributed by atoms with Crippen LogP contribution >= 0.6 is 23.2 Å². The van der Waals surface area contributed by atoms with Gasteiger partial charge in [-0.2, -0.15) is 0 Å². The Morgan fingerprint density at radius 1 is 0.757 bits per heavy atom. The number of ether oxygens (including phenoxy) is 2. The molecule has 0 unspecified atom stereocenters. The minimum absolute atomic E-state index is 0.0582. The Bertz CT molecular complexity index is 1460. The van der Waals surface area contributed by atoms with Gasteiger partial charge in [0.05, 0.1) is 15.6 Å². The highest BCUT2D eigenvalue weighted by Gasteiger charge is 2.16. The van der Waals surface area contributed by atoms with Crippen LogP contribution in [0.5, 0.6) is 23.0 Å². The normalized spacial score (nSPS) is 10.2. The van der Waals surface area contributed by atoms with E-state index in [1.54, 1.807) is 31.2 Å². The molecule has 0 spiro atoms. The van der Waals surface area contributed by atoms with Gasteiger partial charge in [0.2, 0.25) is 0 Å². The van der Waals surface area contributed by atoms with Crippen LogP contribution in [-0.2, 0) is 0 Å². The first-order valence-corrected chi connectivity index (χ1v) is 11.5. The van der Waals surface area contributed by atoms with Crippen molar-refractivity contribution < 1.29 is 33.0 Å². The standard InChI is InChI=1S/C14H10ClFO3.C14H10ClFO2/c1-8-3-2-4-12(13(8)14(17)18)19-11-6-5-9(16)7-10(11)15;1-9-3-2-4-13(11(9)8-17)18-14-6-5-10(16)7-12(14)15/h2-7H,1H3,(H,17,18);2-8H,1H3. The summed E-state index contributed by atoms with van der Waals surface area (Å²) in [5.41, 5.74) is 1.89. The van der Waals surface area contributed by atoms with E-state index in [-0.39, 0.29) is 27.1 Å². The molecule has 37 heavy (non-hydrogen) atoms. The Morgan fingerprint density at radius 2 is 1.24 bits per heavy atom. The predicted molar refractivity (Wildman–Crippen MR) is 138 cm³/mol. The topological polar surface area (TPSA) is 72.8 Å². The minimum atomic E-state index is -1.09. The number of hydrogen-bond acceptors (Lipinski definition) is 4. The Morgan fingerprint density at radius 3 is 1.73 bits per heavy atom. The summed E-state index contributed by atoms with van der Waals surface area (Å²) >= 11 is 11.7. The Labute approximate surface area is 221 Å². The molecule has 0 saturated heterocycles. The van der Waals surface area contributed by atoms with Gasteiger partial charge >= 0.3 is 5.97 Å². The summed E-state index contributed by atoms with van der Waals surface area (Å²) in [4.78, 5) is 22.2. The maximum absolute atomic E-state index is 12.9. The maximum atomic E-state index is 12.9. The second kappa shape index (κ2) is 12.3. The number of carbonyl (C=O) groups excluding carboxylic acids is 1. The third-order valence-corrected chi connectivity index (χ3v) is 5.67. The molecule has 0 aliphatic heterocycles. The van der Waals surface area contributed by atoms with Crippen LogP contribution in [0, 0.1) is 25.5 Å². The van der Waals surface area contributed by atoms with E-state index >= 15 is 0 Å². The summed E-state index contributed by atoms with van der Waals surface area (Å²) in [6, 6.07) is 17.6. The molecule has 0 aromatic heterocycles. The van der Waals surface area contributed by atoms with Crippen molar-refractivity contribution in [1.29, 1.82) is 0 Å². The second-order valence-electron chi connectivity index (χ2n) is 7.71. The summed E-state index contributed by atoms with van der Waals surface area (Å²) in [5, 5.41) is 9.41. The summed E-state index contributed by atoms with van der Waals surface area (Å²) in [6.07, 6.45) is 0.724. The van der Waals surface area contributed by atoms with Crippen LogP contribution in [0.2, 0.25) is 10.0 Å². The Kier molecular flexibility index (Phi) is 9.22. The van der Waals surface area contributed by atoms with Crippen LogP contribution in [0.15, 0.2) is 72.8 Å². The van der Waals surface area contributed by atoms with Gasteiger partial charge in [-0.1, -0.05) is 47.5 Å². The van der Waals surface area contributed by atoms with Crippen LogP contribution in [0.1, 0.15) is 31.8 Å². The highest BCUT2D eigenvalue weighted by molar-refractivity contribution is 6.32. The number of benzene rings is 4. The van der Waals surface area contributed by atoms with Gasteiger partial charge in [0, 0.05) is 0 Å². The first-order valence-electron chi connectivity index (χ1n) is 10.7. The zero-order valence-electron chi connectivity index (χ0n) is 19.6. The van der Waals surface area contributed by atoms with Crippen molar-refractivity contribution in [2.45, 2.75) is 13.8 Å². The molecule has 190 valence electrons. The molecule has 0 amide bonds. The summed E-state index contributed by atoms with van der Waals surface area (Å²) < 4.78 is 36.8. The van der Waals surface area contributed by atoms with Gasteiger partial charge in [-0.25, -0.2) is 13.6 Å². The van der Waals surface area contributed by atoms with Crippen molar-refractivity contribution in [3.8, 4) is 23.0 Å². The van der Waals surface area contributed by atoms with Gasteiger partial charge in [0.1, 0.15) is 40.2 Å². The molecule has 4 aromatic carbocycles. The van der Waals surface area contributed by atoms with Crippen molar-refractivity contribution in [3.05, 3.63) is 117 Å². The molecule has 0 fully saturated rings. The fourth-order valence-corrected chi connectivity index (χ4v) is 3.66. The molecule has 5 nitrogen and oxygen atoms in total.